The van der Waals surface area contributed by atoms with Crippen LogP contribution < -0.4 is 5.73 Å². The molecule has 0 aromatic heterocycles. The van der Waals surface area contributed by atoms with Crippen molar-refractivity contribution in [2.75, 3.05) is 6.54 Å². The molecule has 2 nitrogen and oxygen atoms in total. The molecule has 0 unspecified atom stereocenters. The fraction of sp³-hybridized carbons (Fsp3) is 0.417. The average Bonchev–Trinajstić information content (AvgIpc) is 2.28. The summed E-state index contributed by atoms with van der Waals surface area (Å²) < 4.78 is 0. The number of nitrogens with zero attached hydrogens (tertiary/aromatic N) is 1. The van der Waals surface area contributed by atoms with E-state index < -0.39 is 0 Å². The molecule has 0 amide bonds. The summed E-state index contributed by atoms with van der Waals surface area (Å²) in [6.45, 7) is 3.03. The van der Waals surface area contributed by atoms with Crippen LogP contribution in [0, 0.1) is 11.3 Å². The zero-order chi connectivity index (χ0) is 10.6. The van der Waals surface area contributed by atoms with E-state index in [4.69, 9.17) is 11.0 Å². The van der Waals surface area contributed by atoms with E-state index in [-0.39, 0.29) is 0 Å². The summed E-state index contributed by atoms with van der Waals surface area (Å²) in [5.41, 5.74) is 5.93. The van der Waals surface area contributed by atoms with Gasteiger partial charge in [-0.3, -0.25) is 0 Å². The van der Waals surface area contributed by atoms with Gasteiger partial charge in [0, 0.05) is 0 Å². The fourth-order valence-corrected chi connectivity index (χ4v) is 0.907. The lowest BCUT2D eigenvalue weighted by Gasteiger charge is -1.86. The Bertz CT molecular complexity index is 245. The van der Waals surface area contributed by atoms with Crippen molar-refractivity contribution in [2.24, 2.45) is 5.73 Å². The zero-order valence-electron chi connectivity index (χ0n) is 8.74. The lowest BCUT2D eigenvalue weighted by molar-refractivity contribution is 0.727. The maximum atomic E-state index is 8.29. The van der Waals surface area contributed by atoms with Crippen molar-refractivity contribution in [3.63, 3.8) is 0 Å². The molecule has 0 fully saturated rings. The summed E-state index contributed by atoms with van der Waals surface area (Å²) in [5.74, 6) is 0. The van der Waals surface area contributed by atoms with Gasteiger partial charge in [-0.05, 0) is 25.1 Å². The number of unbranched alkanes of at least 4 members (excludes halogenated alkanes) is 2. The number of nitriles is 1. The Morgan fingerprint density at radius 1 is 1.21 bits per heavy atom. The second-order valence-corrected chi connectivity index (χ2v) is 2.97. The monoisotopic (exact) mass is 190 g/mol. The minimum atomic E-state index is 0.715. The number of hydrogen-bond acceptors (Lipinski definition) is 2. The topological polar surface area (TPSA) is 49.8 Å². The molecule has 0 spiro atoms. The van der Waals surface area contributed by atoms with Crippen LogP contribution in [0.5, 0.6) is 0 Å². The van der Waals surface area contributed by atoms with Crippen molar-refractivity contribution in [3.8, 4) is 6.07 Å². The van der Waals surface area contributed by atoms with Crippen LogP contribution in [-0.2, 0) is 0 Å². The molecule has 0 heterocycles. The number of benzene rings is 1. The Labute approximate surface area is 86.4 Å². The largest absolute Gasteiger partial charge is 0.330 e. The molecule has 0 saturated heterocycles. The molecule has 1 aromatic rings. The van der Waals surface area contributed by atoms with Gasteiger partial charge in [0.05, 0.1) is 11.6 Å². The minimum Gasteiger partial charge on any atom is -0.330 e. The van der Waals surface area contributed by atoms with Crippen molar-refractivity contribution in [3.05, 3.63) is 35.9 Å². The summed E-state index contributed by atoms with van der Waals surface area (Å²) in [6.07, 6.45) is 3.75. The normalized spacial score (nSPS) is 8.36. The molecule has 0 aliphatic rings. The van der Waals surface area contributed by atoms with Crippen LogP contribution in [-0.4, -0.2) is 6.54 Å². The van der Waals surface area contributed by atoms with Crippen molar-refractivity contribution < 1.29 is 0 Å². The van der Waals surface area contributed by atoms with E-state index in [1.54, 1.807) is 12.1 Å². The predicted molar refractivity (Wildman–Crippen MR) is 59.7 cm³/mol. The molecule has 76 valence electrons. The highest BCUT2D eigenvalue weighted by molar-refractivity contribution is 5.27. The third-order valence-electron chi connectivity index (χ3n) is 1.71. The van der Waals surface area contributed by atoms with Crippen molar-refractivity contribution in [1.82, 2.24) is 0 Å². The van der Waals surface area contributed by atoms with Gasteiger partial charge in [-0.25, -0.2) is 0 Å². The molecule has 14 heavy (non-hydrogen) atoms. The average molecular weight is 190 g/mol. The second kappa shape index (κ2) is 9.76. The summed E-state index contributed by atoms with van der Waals surface area (Å²) in [5, 5.41) is 8.29. The van der Waals surface area contributed by atoms with Gasteiger partial charge in [0.25, 0.3) is 0 Å². The summed E-state index contributed by atoms with van der Waals surface area (Å²) >= 11 is 0. The van der Waals surface area contributed by atoms with Gasteiger partial charge in [-0.1, -0.05) is 38.0 Å². The first-order valence-corrected chi connectivity index (χ1v) is 5.00. The standard InChI is InChI=1S/C7H5N.C5H13N/c8-6-7-4-2-1-3-5-7;1-2-3-4-5-6/h1-5H;2-6H2,1H3. The lowest BCUT2D eigenvalue weighted by Crippen LogP contribution is -1.96. The van der Waals surface area contributed by atoms with Crippen LogP contribution in [0.2, 0.25) is 0 Å². The third-order valence-corrected chi connectivity index (χ3v) is 1.71. The number of nitrogens with two attached hydrogens (primary N) is 1. The zero-order valence-corrected chi connectivity index (χ0v) is 8.74. The molecule has 0 aliphatic heterocycles. The van der Waals surface area contributed by atoms with Crippen LogP contribution in [0.1, 0.15) is 31.7 Å². The Morgan fingerprint density at radius 2 is 1.86 bits per heavy atom. The van der Waals surface area contributed by atoms with Gasteiger partial charge < -0.3 is 5.73 Å². The molecule has 2 heteroatoms. The van der Waals surface area contributed by atoms with Gasteiger partial charge in [-0.2, -0.15) is 5.26 Å². The SMILES string of the molecule is CCCCCN.N#Cc1ccccc1. The van der Waals surface area contributed by atoms with E-state index in [9.17, 15) is 0 Å². The Morgan fingerprint density at radius 3 is 2.14 bits per heavy atom. The van der Waals surface area contributed by atoms with Crippen molar-refractivity contribution in [2.45, 2.75) is 26.2 Å². The van der Waals surface area contributed by atoms with E-state index in [0.29, 0.717) is 5.56 Å². The van der Waals surface area contributed by atoms with Gasteiger partial charge in [0.15, 0.2) is 0 Å². The number of rotatable bonds is 3. The highest BCUT2D eigenvalue weighted by atomic mass is 14.5. The Hall–Kier alpha value is -1.33. The molecule has 0 radical (unpaired) electrons. The molecular weight excluding hydrogens is 172 g/mol. The first kappa shape index (κ1) is 12.7. The maximum Gasteiger partial charge on any atom is 0.0991 e. The van der Waals surface area contributed by atoms with Gasteiger partial charge in [0.1, 0.15) is 0 Å². The van der Waals surface area contributed by atoms with E-state index in [2.05, 4.69) is 6.92 Å². The van der Waals surface area contributed by atoms with E-state index in [1.807, 2.05) is 24.3 Å². The van der Waals surface area contributed by atoms with Crippen molar-refractivity contribution in [1.29, 1.82) is 5.26 Å². The summed E-state index contributed by atoms with van der Waals surface area (Å²) in [4.78, 5) is 0. The molecular formula is C12H18N2. The molecule has 1 aromatic carbocycles. The van der Waals surface area contributed by atoms with Crippen molar-refractivity contribution >= 4 is 0 Å². The molecule has 0 atom stereocenters. The van der Waals surface area contributed by atoms with E-state index in [0.717, 1.165) is 6.54 Å². The summed E-state index contributed by atoms with van der Waals surface area (Å²) in [6, 6.07) is 11.2. The Balaban J connectivity index is 0.000000255. The van der Waals surface area contributed by atoms with E-state index in [1.165, 1.54) is 19.3 Å². The van der Waals surface area contributed by atoms with Gasteiger partial charge >= 0.3 is 0 Å². The molecule has 1 rings (SSSR count). The molecule has 2 N–H and O–H groups in total. The Kier molecular flexibility index (Phi) is 8.83. The quantitative estimate of drug-likeness (QED) is 0.745. The molecule has 0 saturated carbocycles. The molecule has 0 bridgehead atoms. The van der Waals surface area contributed by atoms with Crippen LogP contribution in [0.25, 0.3) is 0 Å². The summed E-state index contributed by atoms with van der Waals surface area (Å²) in [7, 11) is 0. The highest BCUT2D eigenvalue weighted by Gasteiger charge is 1.79. The predicted octanol–water partition coefficient (Wildman–Crippen LogP) is 2.69. The van der Waals surface area contributed by atoms with E-state index >= 15 is 0 Å². The highest BCUT2D eigenvalue weighted by Crippen LogP contribution is 1.93. The second-order valence-electron chi connectivity index (χ2n) is 2.97. The number of hydrogen-bond donors (Lipinski definition) is 1. The van der Waals surface area contributed by atoms with Crippen LogP contribution in [0.3, 0.4) is 0 Å². The minimum absolute atomic E-state index is 0.715. The third kappa shape index (κ3) is 7.33. The fourth-order valence-electron chi connectivity index (χ4n) is 0.907. The van der Waals surface area contributed by atoms with Crippen LogP contribution in [0.4, 0.5) is 0 Å². The smallest absolute Gasteiger partial charge is 0.0991 e. The molecule has 0 aliphatic carbocycles. The van der Waals surface area contributed by atoms with Gasteiger partial charge in [-0.15, -0.1) is 0 Å². The maximum absolute atomic E-state index is 8.29. The van der Waals surface area contributed by atoms with Crippen LogP contribution >= 0.6 is 0 Å². The first-order valence-electron chi connectivity index (χ1n) is 5.00. The van der Waals surface area contributed by atoms with Gasteiger partial charge in [0.2, 0.25) is 0 Å². The first-order chi connectivity index (χ1) is 6.85. The van der Waals surface area contributed by atoms with Crippen LogP contribution in [0.15, 0.2) is 30.3 Å². The lowest BCUT2D eigenvalue weighted by atomic mass is 10.2.